The molecule has 0 saturated heterocycles. The van der Waals surface area contributed by atoms with Gasteiger partial charge in [-0.15, -0.1) is 0 Å². The van der Waals surface area contributed by atoms with E-state index in [-0.39, 0.29) is 6.54 Å². The highest BCUT2D eigenvalue weighted by Gasteiger charge is 2.09. The molecule has 2 nitrogen and oxygen atoms in total. The minimum absolute atomic E-state index is 0.285. The maximum absolute atomic E-state index is 13.2. The van der Waals surface area contributed by atoms with Crippen LogP contribution in [0.5, 0.6) is 5.75 Å². The second-order valence-electron chi connectivity index (χ2n) is 4.23. The second-order valence-corrected chi connectivity index (χ2v) is 5.39. The largest absolute Gasteiger partial charge is 0.503 e. The summed E-state index contributed by atoms with van der Waals surface area (Å²) in [5.41, 5.74) is 2.49. The number of rotatable bonds is 3. The number of aromatic hydroxyl groups is 1. The minimum Gasteiger partial charge on any atom is -0.503 e. The molecule has 2 N–H and O–H groups in total. The van der Waals surface area contributed by atoms with Gasteiger partial charge in [0.15, 0.2) is 17.4 Å². The van der Waals surface area contributed by atoms with Crippen molar-refractivity contribution < 1.29 is 13.9 Å². The zero-order chi connectivity index (χ0) is 14.0. The number of aryl methyl sites for hydroxylation is 1. The standard InChI is InChI=1S/C14H12F2INO/c1-8-2-3-10(6-13(8)17)18-7-9-4-11(15)14(19)12(16)5-9/h2-6,18-19H,7H2,1H3. The van der Waals surface area contributed by atoms with Crippen LogP contribution in [0.3, 0.4) is 0 Å². The highest BCUT2D eigenvalue weighted by molar-refractivity contribution is 14.1. The van der Waals surface area contributed by atoms with Gasteiger partial charge in [-0.1, -0.05) is 6.07 Å². The van der Waals surface area contributed by atoms with E-state index in [1.807, 2.05) is 25.1 Å². The zero-order valence-electron chi connectivity index (χ0n) is 10.2. The third kappa shape index (κ3) is 3.34. The van der Waals surface area contributed by atoms with Crippen molar-refractivity contribution in [1.82, 2.24) is 0 Å². The summed E-state index contributed by atoms with van der Waals surface area (Å²) >= 11 is 2.23. The fraction of sp³-hybridized carbons (Fsp3) is 0.143. The van der Waals surface area contributed by atoms with Crippen molar-refractivity contribution in [2.24, 2.45) is 0 Å². The van der Waals surface area contributed by atoms with Gasteiger partial charge in [0.05, 0.1) is 0 Å². The van der Waals surface area contributed by atoms with Crippen LogP contribution in [0.15, 0.2) is 30.3 Å². The quantitative estimate of drug-likeness (QED) is 0.789. The third-order valence-electron chi connectivity index (χ3n) is 2.75. The predicted octanol–water partition coefficient (Wildman–Crippen LogP) is 4.20. The molecule has 0 saturated carbocycles. The molecule has 5 heteroatoms. The lowest BCUT2D eigenvalue weighted by molar-refractivity contribution is 0.395. The van der Waals surface area contributed by atoms with E-state index in [9.17, 15) is 8.78 Å². The van der Waals surface area contributed by atoms with Gasteiger partial charge in [0.25, 0.3) is 0 Å². The topological polar surface area (TPSA) is 32.3 Å². The van der Waals surface area contributed by atoms with Crippen LogP contribution in [0.4, 0.5) is 14.5 Å². The smallest absolute Gasteiger partial charge is 0.187 e. The van der Waals surface area contributed by atoms with Gasteiger partial charge in [-0.2, -0.15) is 0 Å². The Morgan fingerprint density at radius 1 is 1.16 bits per heavy atom. The van der Waals surface area contributed by atoms with Crippen LogP contribution in [0, 0.1) is 22.1 Å². The van der Waals surface area contributed by atoms with Crippen LogP contribution >= 0.6 is 22.6 Å². The average molecular weight is 375 g/mol. The zero-order valence-corrected chi connectivity index (χ0v) is 12.3. The van der Waals surface area contributed by atoms with Crippen LogP contribution in [-0.4, -0.2) is 5.11 Å². The summed E-state index contributed by atoms with van der Waals surface area (Å²) in [5, 5.41) is 12.1. The van der Waals surface area contributed by atoms with E-state index in [0.717, 1.165) is 21.4 Å². The number of phenols is 1. The summed E-state index contributed by atoms with van der Waals surface area (Å²) in [7, 11) is 0. The molecule has 0 atom stereocenters. The van der Waals surface area contributed by atoms with E-state index in [4.69, 9.17) is 5.11 Å². The average Bonchev–Trinajstić information content (AvgIpc) is 2.37. The second kappa shape index (κ2) is 5.73. The summed E-state index contributed by atoms with van der Waals surface area (Å²) < 4.78 is 27.4. The lowest BCUT2D eigenvalue weighted by atomic mass is 10.2. The number of halogens is 3. The summed E-state index contributed by atoms with van der Waals surface area (Å²) in [6, 6.07) is 8.07. The van der Waals surface area contributed by atoms with Crippen molar-refractivity contribution >= 4 is 28.3 Å². The molecule has 0 unspecified atom stereocenters. The van der Waals surface area contributed by atoms with E-state index in [1.165, 1.54) is 5.56 Å². The molecule has 2 aromatic carbocycles. The molecule has 0 aromatic heterocycles. The SMILES string of the molecule is Cc1ccc(NCc2cc(F)c(O)c(F)c2)cc1I. The Hall–Kier alpha value is -1.37. The highest BCUT2D eigenvalue weighted by atomic mass is 127. The Bertz CT molecular complexity index is 593. The normalized spacial score (nSPS) is 10.5. The molecule has 0 aliphatic heterocycles. The molecule has 19 heavy (non-hydrogen) atoms. The van der Waals surface area contributed by atoms with Gasteiger partial charge in [0.2, 0.25) is 0 Å². The summed E-state index contributed by atoms with van der Waals surface area (Å²) in [4.78, 5) is 0. The number of benzene rings is 2. The van der Waals surface area contributed by atoms with Gasteiger partial charge in [0.1, 0.15) is 0 Å². The maximum Gasteiger partial charge on any atom is 0.187 e. The molecule has 2 rings (SSSR count). The minimum atomic E-state index is -0.949. The molecule has 2 aromatic rings. The van der Waals surface area contributed by atoms with E-state index in [0.29, 0.717) is 5.56 Å². The number of hydrogen-bond donors (Lipinski definition) is 2. The fourth-order valence-electron chi connectivity index (χ4n) is 1.63. The van der Waals surface area contributed by atoms with Gasteiger partial charge in [0, 0.05) is 15.8 Å². The van der Waals surface area contributed by atoms with Crippen molar-refractivity contribution in [1.29, 1.82) is 0 Å². The first-order valence-corrected chi connectivity index (χ1v) is 6.72. The monoisotopic (exact) mass is 375 g/mol. The van der Waals surface area contributed by atoms with E-state index < -0.39 is 17.4 Å². The predicted molar refractivity (Wildman–Crippen MR) is 79.2 cm³/mol. The summed E-state index contributed by atoms with van der Waals surface area (Å²) in [6.07, 6.45) is 0. The van der Waals surface area contributed by atoms with Gasteiger partial charge < -0.3 is 10.4 Å². The molecule has 0 bridgehead atoms. The van der Waals surface area contributed by atoms with E-state index in [2.05, 4.69) is 27.9 Å². The van der Waals surface area contributed by atoms with E-state index in [1.54, 1.807) is 0 Å². The van der Waals surface area contributed by atoms with Crippen molar-refractivity contribution in [3.63, 3.8) is 0 Å². The van der Waals surface area contributed by atoms with Crippen molar-refractivity contribution in [2.45, 2.75) is 13.5 Å². The number of phenolic OH excluding ortho intramolecular Hbond substituents is 1. The molecule has 0 aliphatic rings. The molecule has 0 aliphatic carbocycles. The van der Waals surface area contributed by atoms with Crippen LogP contribution in [0.25, 0.3) is 0 Å². The Morgan fingerprint density at radius 3 is 2.37 bits per heavy atom. The molecular formula is C14H12F2INO. The first-order chi connectivity index (χ1) is 8.97. The number of nitrogens with one attached hydrogen (secondary N) is 1. The van der Waals surface area contributed by atoms with Gasteiger partial charge in [-0.25, -0.2) is 8.78 Å². The first-order valence-electron chi connectivity index (χ1n) is 5.64. The van der Waals surface area contributed by atoms with Crippen molar-refractivity contribution in [2.75, 3.05) is 5.32 Å². The molecule has 0 heterocycles. The first kappa shape index (κ1) is 14.0. The highest BCUT2D eigenvalue weighted by Crippen LogP contribution is 2.22. The molecule has 0 radical (unpaired) electrons. The van der Waals surface area contributed by atoms with Crippen LogP contribution in [0.1, 0.15) is 11.1 Å². The van der Waals surface area contributed by atoms with E-state index >= 15 is 0 Å². The third-order valence-corrected chi connectivity index (χ3v) is 3.91. The summed E-state index contributed by atoms with van der Waals surface area (Å²) in [5.74, 6) is -2.83. The summed E-state index contributed by atoms with van der Waals surface area (Å²) in [6.45, 7) is 2.30. The van der Waals surface area contributed by atoms with Gasteiger partial charge in [-0.05, 0) is 64.9 Å². The molecule has 0 fully saturated rings. The fourth-order valence-corrected chi connectivity index (χ4v) is 2.14. The number of anilines is 1. The Morgan fingerprint density at radius 2 is 1.79 bits per heavy atom. The van der Waals surface area contributed by atoms with Crippen molar-refractivity contribution in [3.8, 4) is 5.75 Å². The Labute approximate surface area is 123 Å². The molecular weight excluding hydrogens is 363 g/mol. The molecule has 100 valence electrons. The Kier molecular flexibility index (Phi) is 4.24. The lowest BCUT2D eigenvalue weighted by Gasteiger charge is -2.09. The maximum atomic E-state index is 13.2. The number of hydrogen-bond acceptors (Lipinski definition) is 2. The molecule has 0 amide bonds. The van der Waals surface area contributed by atoms with Gasteiger partial charge >= 0.3 is 0 Å². The van der Waals surface area contributed by atoms with Crippen LogP contribution < -0.4 is 5.32 Å². The van der Waals surface area contributed by atoms with Crippen molar-refractivity contribution in [3.05, 3.63) is 56.7 Å². The van der Waals surface area contributed by atoms with Crippen LogP contribution in [-0.2, 0) is 6.54 Å². The Balaban J connectivity index is 2.12. The lowest BCUT2D eigenvalue weighted by Crippen LogP contribution is -2.01. The van der Waals surface area contributed by atoms with Crippen LogP contribution in [0.2, 0.25) is 0 Å². The molecule has 0 spiro atoms. The van der Waals surface area contributed by atoms with Gasteiger partial charge in [-0.3, -0.25) is 0 Å².